The highest BCUT2D eigenvalue weighted by atomic mass is 32.1. The Morgan fingerprint density at radius 3 is 2.38 bits per heavy atom. The molecule has 0 spiro atoms. The molecule has 6 rings (SSSR count). The van der Waals surface area contributed by atoms with Gasteiger partial charge >= 0.3 is 0 Å². The monoisotopic (exact) mass is 471 g/mol. The van der Waals surface area contributed by atoms with E-state index in [1.165, 1.54) is 16.2 Å². The van der Waals surface area contributed by atoms with E-state index < -0.39 is 0 Å². The van der Waals surface area contributed by atoms with E-state index in [1.807, 2.05) is 50.2 Å². The first-order valence-corrected chi connectivity index (χ1v) is 12.5. The van der Waals surface area contributed by atoms with Gasteiger partial charge in [-0.25, -0.2) is 4.98 Å². The van der Waals surface area contributed by atoms with Crippen molar-refractivity contribution in [2.45, 2.75) is 26.8 Å². The molecule has 1 saturated heterocycles. The molecule has 2 aromatic carbocycles. The quantitative estimate of drug-likeness (QED) is 0.412. The lowest BCUT2D eigenvalue weighted by molar-refractivity contribution is -0.143. The number of anilines is 1. The average Bonchev–Trinajstić information content (AvgIpc) is 3.61. The molecule has 2 heterocycles. The fourth-order valence-electron chi connectivity index (χ4n) is 5.70. The van der Waals surface area contributed by atoms with Gasteiger partial charge in [0.15, 0.2) is 5.13 Å². The molecule has 3 amide bonds. The van der Waals surface area contributed by atoms with Crippen molar-refractivity contribution in [3.63, 3.8) is 0 Å². The molecule has 4 atom stereocenters. The molecule has 4 unspecified atom stereocenters. The fraction of sp³-hybridized carbons (Fsp3) is 0.333. The molecule has 6 nitrogen and oxygen atoms in total. The molecule has 1 saturated carbocycles. The van der Waals surface area contributed by atoms with Crippen LogP contribution in [0.5, 0.6) is 0 Å². The molecule has 34 heavy (non-hydrogen) atoms. The SMILES string of the molecule is Cc1ccc2sc(N(Cc3ccccc3)C(=O)CN3C(=O)C4C5C=CC(C5)C4C3=O)nc2c1C. The molecule has 1 aromatic heterocycles. The number of carbonyl (C=O) groups excluding carboxylic acids is 3. The average molecular weight is 472 g/mol. The highest BCUT2D eigenvalue weighted by Gasteiger charge is 2.59. The molecule has 3 aromatic rings. The summed E-state index contributed by atoms with van der Waals surface area (Å²) in [5.74, 6) is -1.03. The van der Waals surface area contributed by atoms with Crippen LogP contribution < -0.4 is 4.90 Å². The van der Waals surface area contributed by atoms with Gasteiger partial charge in [0, 0.05) is 0 Å². The van der Waals surface area contributed by atoms with Crippen LogP contribution in [0.2, 0.25) is 0 Å². The third-order valence-electron chi connectivity index (χ3n) is 7.64. The van der Waals surface area contributed by atoms with Crippen molar-refractivity contribution in [2.75, 3.05) is 11.4 Å². The molecule has 0 N–H and O–H groups in total. The second kappa shape index (κ2) is 7.87. The number of allylic oxidation sites excluding steroid dienone is 2. The van der Waals surface area contributed by atoms with Gasteiger partial charge < -0.3 is 0 Å². The first kappa shape index (κ1) is 21.2. The number of carbonyl (C=O) groups is 3. The van der Waals surface area contributed by atoms with Crippen LogP contribution in [0, 0.1) is 37.5 Å². The number of fused-ring (bicyclic) bond motifs is 6. The zero-order valence-electron chi connectivity index (χ0n) is 19.1. The summed E-state index contributed by atoms with van der Waals surface area (Å²) in [4.78, 5) is 47.6. The number of likely N-dealkylation sites (tertiary alicyclic amines) is 1. The summed E-state index contributed by atoms with van der Waals surface area (Å²) in [6, 6.07) is 13.8. The number of hydrogen-bond donors (Lipinski definition) is 0. The predicted octanol–water partition coefficient (Wildman–Crippen LogP) is 4.25. The van der Waals surface area contributed by atoms with E-state index in [4.69, 9.17) is 4.98 Å². The minimum atomic E-state index is -0.300. The Balaban J connectivity index is 1.32. The molecular formula is C27H25N3O3S. The van der Waals surface area contributed by atoms with E-state index in [-0.39, 0.29) is 47.9 Å². The summed E-state index contributed by atoms with van der Waals surface area (Å²) in [6.45, 7) is 4.16. The molecule has 2 fully saturated rings. The highest BCUT2D eigenvalue weighted by molar-refractivity contribution is 7.22. The number of nitrogens with zero attached hydrogens (tertiary/aromatic N) is 3. The van der Waals surface area contributed by atoms with Crippen molar-refractivity contribution in [3.8, 4) is 0 Å². The summed E-state index contributed by atoms with van der Waals surface area (Å²) >= 11 is 1.46. The number of imide groups is 1. The molecule has 2 aliphatic carbocycles. The Labute approximate surface area is 201 Å². The van der Waals surface area contributed by atoms with E-state index in [0.29, 0.717) is 11.7 Å². The molecular weight excluding hydrogens is 446 g/mol. The van der Waals surface area contributed by atoms with Crippen LogP contribution in [0.4, 0.5) is 5.13 Å². The fourth-order valence-corrected chi connectivity index (χ4v) is 6.74. The van der Waals surface area contributed by atoms with Gasteiger partial charge in [-0.2, -0.15) is 0 Å². The Kier molecular flexibility index (Phi) is 4.92. The van der Waals surface area contributed by atoms with Crippen molar-refractivity contribution in [1.29, 1.82) is 0 Å². The zero-order valence-corrected chi connectivity index (χ0v) is 19.9. The Bertz CT molecular complexity index is 1330. The van der Waals surface area contributed by atoms with Gasteiger partial charge in [-0.3, -0.25) is 24.2 Å². The predicted molar refractivity (Wildman–Crippen MR) is 131 cm³/mol. The molecule has 0 radical (unpaired) electrons. The zero-order chi connectivity index (χ0) is 23.6. The lowest BCUT2D eigenvalue weighted by atomic mass is 9.85. The van der Waals surface area contributed by atoms with Gasteiger partial charge in [-0.05, 0) is 54.9 Å². The number of aromatic nitrogens is 1. The molecule has 3 aliphatic rings. The minimum Gasteiger partial charge on any atom is -0.282 e. The molecule has 172 valence electrons. The third kappa shape index (κ3) is 3.21. The van der Waals surface area contributed by atoms with Crippen molar-refractivity contribution < 1.29 is 14.4 Å². The van der Waals surface area contributed by atoms with Gasteiger partial charge in [0.2, 0.25) is 17.7 Å². The van der Waals surface area contributed by atoms with Crippen molar-refractivity contribution in [2.24, 2.45) is 23.7 Å². The number of hydrogen-bond acceptors (Lipinski definition) is 5. The highest BCUT2D eigenvalue weighted by Crippen LogP contribution is 2.52. The maximum absolute atomic E-state index is 13.7. The van der Waals surface area contributed by atoms with Crippen molar-refractivity contribution in [3.05, 3.63) is 71.3 Å². The first-order chi connectivity index (χ1) is 16.4. The Hall–Kier alpha value is -3.32. The van der Waals surface area contributed by atoms with Crippen LogP contribution in [-0.4, -0.2) is 34.2 Å². The lowest BCUT2D eigenvalue weighted by Crippen LogP contribution is -2.43. The lowest BCUT2D eigenvalue weighted by Gasteiger charge is -2.23. The summed E-state index contributed by atoms with van der Waals surface area (Å²) in [5, 5.41) is 0.582. The van der Waals surface area contributed by atoms with E-state index in [2.05, 4.69) is 18.2 Å². The van der Waals surface area contributed by atoms with Crippen LogP contribution in [0.3, 0.4) is 0 Å². The number of thiazole rings is 1. The third-order valence-corrected chi connectivity index (χ3v) is 8.69. The van der Waals surface area contributed by atoms with E-state index in [9.17, 15) is 14.4 Å². The van der Waals surface area contributed by atoms with Crippen molar-refractivity contribution >= 4 is 44.4 Å². The van der Waals surface area contributed by atoms with E-state index in [0.717, 1.165) is 33.3 Å². The maximum Gasteiger partial charge on any atom is 0.249 e. The smallest absolute Gasteiger partial charge is 0.249 e. The summed E-state index contributed by atoms with van der Waals surface area (Å²) in [7, 11) is 0. The van der Waals surface area contributed by atoms with Crippen LogP contribution in [0.1, 0.15) is 23.1 Å². The maximum atomic E-state index is 13.7. The van der Waals surface area contributed by atoms with Gasteiger partial charge in [-0.1, -0.05) is 59.9 Å². The standard InChI is InChI=1S/C27H25N3O3S/c1-15-8-11-20-24(16(15)2)28-27(34-20)29(13-17-6-4-3-5-7-17)21(31)14-30-25(32)22-18-9-10-19(12-18)23(22)26(30)33/h3-11,18-19,22-23H,12-14H2,1-2H3. The van der Waals surface area contributed by atoms with Crippen LogP contribution in [-0.2, 0) is 20.9 Å². The second-order valence-corrected chi connectivity index (χ2v) is 10.6. The second-order valence-electron chi connectivity index (χ2n) is 9.58. The molecule has 1 aliphatic heterocycles. The number of amides is 3. The van der Waals surface area contributed by atoms with Gasteiger partial charge in [0.1, 0.15) is 6.54 Å². The number of benzene rings is 2. The van der Waals surface area contributed by atoms with E-state index >= 15 is 0 Å². The van der Waals surface area contributed by atoms with Crippen molar-refractivity contribution in [1.82, 2.24) is 9.88 Å². The largest absolute Gasteiger partial charge is 0.282 e. The molecule has 7 heteroatoms. The summed E-state index contributed by atoms with van der Waals surface area (Å²) in [5.41, 5.74) is 4.08. The van der Waals surface area contributed by atoms with E-state index in [1.54, 1.807) is 4.90 Å². The topological polar surface area (TPSA) is 70.6 Å². The van der Waals surface area contributed by atoms with Crippen LogP contribution in [0.15, 0.2) is 54.6 Å². The number of rotatable bonds is 5. The van der Waals surface area contributed by atoms with Gasteiger partial charge in [0.25, 0.3) is 0 Å². The van der Waals surface area contributed by atoms with Crippen LogP contribution >= 0.6 is 11.3 Å². The number of aryl methyl sites for hydroxylation is 2. The minimum absolute atomic E-state index is 0.127. The summed E-state index contributed by atoms with van der Waals surface area (Å²) in [6.07, 6.45) is 5.00. The first-order valence-electron chi connectivity index (χ1n) is 11.7. The summed E-state index contributed by atoms with van der Waals surface area (Å²) < 4.78 is 1.01. The Morgan fingerprint density at radius 1 is 1.03 bits per heavy atom. The normalized spacial score (nSPS) is 24.9. The van der Waals surface area contributed by atoms with Gasteiger partial charge in [-0.15, -0.1) is 0 Å². The van der Waals surface area contributed by atoms with Gasteiger partial charge in [0.05, 0.1) is 28.6 Å². The Morgan fingerprint density at radius 2 is 1.71 bits per heavy atom. The van der Waals surface area contributed by atoms with Crippen LogP contribution in [0.25, 0.3) is 10.2 Å². The molecule has 2 bridgehead atoms.